The van der Waals surface area contributed by atoms with E-state index >= 15 is 0 Å². The van der Waals surface area contributed by atoms with E-state index in [0.717, 1.165) is 0 Å². The molecule has 0 aliphatic rings. The van der Waals surface area contributed by atoms with Crippen LogP contribution in [0.3, 0.4) is 0 Å². The van der Waals surface area contributed by atoms with Gasteiger partial charge in [-0.2, -0.15) is 8.42 Å². The zero-order valence-corrected chi connectivity index (χ0v) is 12.5. The first kappa shape index (κ1) is 16.7. The summed E-state index contributed by atoms with van der Waals surface area (Å²) in [6, 6.07) is 2.70. The van der Waals surface area contributed by atoms with Crippen LogP contribution in [0.25, 0.3) is 0 Å². The predicted octanol–water partition coefficient (Wildman–Crippen LogP) is 0.179. The Balaban J connectivity index is 3.06. The number of anilines is 1. The van der Waals surface area contributed by atoms with Crippen LogP contribution < -0.4 is 10.5 Å². The predicted molar refractivity (Wildman–Crippen MR) is 71.7 cm³/mol. The normalized spacial score (nSPS) is 12.3. The minimum atomic E-state index is -4.68. The van der Waals surface area contributed by atoms with Crippen LogP contribution in [-0.2, 0) is 24.4 Å². The fourth-order valence-electron chi connectivity index (χ4n) is 1.44. The van der Waals surface area contributed by atoms with E-state index in [2.05, 4.69) is 4.18 Å². The quantitative estimate of drug-likeness (QED) is 0.559. The van der Waals surface area contributed by atoms with Crippen LogP contribution in [0.4, 0.5) is 5.69 Å². The van der Waals surface area contributed by atoms with Gasteiger partial charge in [-0.1, -0.05) is 0 Å². The minimum absolute atomic E-state index is 0.0555. The number of hydrogen-bond donors (Lipinski definition) is 2. The Bertz CT molecular complexity index is 695. The summed E-state index contributed by atoms with van der Waals surface area (Å²) in [6.45, 7) is 0.927. The van der Waals surface area contributed by atoms with Gasteiger partial charge in [-0.05, 0) is 18.6 Å². The molecule has 0 amide bonds. The Morgan fingerprint density at radius 2 is 1.85 bits per heavy atom. The topological polar surface area (TPSA) is 133 Å². The highest BCUT2D eigenvalue weighted by atomic mass is 32.3. The number of hydrogen-bond acceptors (Lipinski definition) is 7. The molecule has 0 aliphatic carbocycles. The van der Waals surface area contributed by atoms with Gasteiger partial charge in [-0.15, -0.1) is 0 Å². The lowest BCUT2D eigenvalue weighted by Crippen LogP contribution is -2.16. The first-order valence-electron chi connectivity index (χ1n) is 5.35. The minimum Gasteiger partial charge on any atom is -0.495 e. The summed E-state index contributed by atoms with van der Waals surface area (Å²) in [7, 11) is -7.23. The van der Waals surface area contributed by atoms with E-state index in [0.29, 0.717) is 11.3 Å². The van der Waals surface area contributed by atoms with Gasteiger partial charge >= 0.3 is 10.4 Å². The van der Waals surface area contributed by atoms with Crippen molar-refractivity contribution in [1.29, 1.82) is 0 Å². The van der Waals surface area contributed by atoms with Crippen LogP contribution >= 0.6 is 0 Å². The molecule has 3 N–H and O–H groups in total. The van der Waals surface area contributed by atoms with Gasteiger partial charge in [0.15, 0.2) is 9.84 Å². The molecule has 10 heteroatoms. The smallest absolute Gasteiger partial charge is 0.397 e. The summed E-state index contributed by atoms with van der Waals surface area (Å²) in [5.41, 5.74) is 6.57. The van der Waals surface area contributed by atoms with Crippen molar-refractivity contribution >= 4 is 25.9 Å². The molecule has 1 rings (SSSR count). The molecule has 0 saturated carbocycles. The molecular formula is C10H15NO7S2. The number of aryl methyl sites for hydroxylation is 1. The number of nitrogens with two attached hydrogens (primary N) is 1. The molecule has 0 radical (unpaired) electrons. The van der Waals surface area contributed by atoms with Gasteiger partial charge in [0.1, 0.15) is 10.6 Å². The molecule has 0 aromatic heterocycles. The van der Waals surface area contributed by atoms with E-state index in [-0.39, 0.29) is 10.6 Å². The largest absolute Gasteiger partial charge is 0.495 e. The van der Waals surface area contributed by atoms with E-state index in [4.69, 9.17) is 15.0 Å². The van der Waals surface area contributed by atoms with E-state index in [1.54, 1.807) is 6.92 Å². The standard InChI is InChI=1S/C10H15NO7S2/c1-7-5-10(9(17-2)6-8(7)11)19(12,13)4-3-18-20(14,15)16/h5-6H,3-4,11H2,1-2H3,(H,14,15,16). The number of ether oxygens (including phenoxy) is 1. The van der Waals surface area contributed by atoms with Crippen LogP contribution in [0, 0.1) is 6.92 Å². The highest BCUT2D eigenvalue weighted by Crippen LogP contribution is 2.29. The van der Waals surface area contributed by atoms with Gasteiger partial charge < -0.3 is 10.5 Å². The molecule has 1 aromatic carbocycles. The summed E-state index contributed by atoms with van der Waals surface area (Å²) >= 11 is 0. The number of sulfone groups is 1. The lowest BCUT2D eigenvalue weighted by atomic mass is 10.2. The number of nitrogen functional groups attached to an aromatic ring is 1. The molecule has 0 fully saturated rings. The number of benzene rings is 1. The molecule has 0 heterocycles. The maximum absolute atomic E-state index is 12.1. The monoisotopic (exact) mass is 325 g/mol. The Labute approximate surface area is 117 Å². The zero-order chi connectivity index (χ0) is 15.6. The Hall–Kier alpha value is -1.36. The van der Waals surface area contributed by atoms with Crippen LogP contribution in [0.2, 0.25) is 0 Å². The summed E-state index contributed by atoms with van der Waals surface area (Å²) < 4.78 is 62.2. The Morgan fingerprint density at radius 1 is 1.25 bits per heavy atom. The van der Waals surface area contributed by atoms with Gasteiger partial charge in [0, 0.05) is 11.8 Å². The lowest BCUT2D eigenvalue weighted by molar-refractivity contribution is 0.284. The number of rotatable bonds is 6. The molecule has 0 bridgehead atoms. The molecule has 8 nitrogen and oxygen atoms in total. The van der Waals surface area contributed by atoms with Crippen molar-refractivity contribution in [1.82, 2.24) is 0 Å². The van der Waals surface area contributed by atoms with E-state index in [1.165, 1.54) is 19.2 Å². The third-order valence-corrected chi connectivity index (χ3v) is 4.63. The summed E-state index contributed by atoms with van der Waals surface area (Å²) in [5, 5.41) is 0. The molecular weight excluding hydrogens is 310 g/mol. The summed E-state index contributed by atoms with van der Waals surface area (Å²) in [5.74, 6) is -0.577. The van der Waals surface area contributed by atoms with E-state index < -0.39 is 32.6 Å². The van der Waals surface area contributed by atoms with Crippen molar-refractivity contribution in [2.45, 2.75) is 11.8 Å². The Kier molecular flexibility index (Phi) is 4.97. The van der Waals surface area contributed by atoms with Crippen LogP contribution in [0.5, 0.6) is 5.75 Å². The van der Waals surface area contributed by atoms with Crippen molar-refractivity contribution in [2.24, 2.45) is 0 Å². The van der Waals surface area contributed by atoms with Crippen molar-refractivity contribution in [3.8, 4) is 5.75 Å². The average Bonchev–Trinajstić information content (AvgIpc) is 2.29. The molecule has 0 unspecified atom stereocenters. The van der Waals surface area contributed by atoms with Crippen LogP contribution in [0.1, 0.15) is 5.56 Å². The SMILES string of the molecule is COc1cc(N)c(C)cc1S(=O)(=O)CCOS(=O)(=O)O. The maximum atomic E-state index is 12.1. The van der Waals surface area contributed by atoms with Gasteiger partial charge in [0.25, 0.3) is 0 Å². The van der Waals surface area contributed by atoms with Crippen molar-refractivity contribution in [3.05, 3.63) is 17.7 Å². The number of methoxy groups -OCH3 is 1. The molecule has 0 aliphatic heterocycles. The maximum Gasteiger partial charge on any atom is 0.397 e. The zero-order valence-electron chi connectivity index (χ0n) is 10.9. The van der Waals surface area contributed by atoms with Gasteiger partial charge in [-0.3, -0.25) is 4.55 Å². The van der Waals surface area contributed by atoms with Gasteiger partial charge in [0.05, 0.1) is 19.5 Å². The Morgan fingerprint density at radius 3 is 2.35 bits per heavy atom. The summed E-state index contributed by atoms with van der Waals surface area (Å²) in [6.07, 6.45) is 0. The molecule has 0 spiro atoms. The second kappa shape index (κ2) is 5.95. The van der Waals surface area contributed by atoms with E-state index in [9.17, 15) is 16.8 Å². The lowest BCUT2D eigenvalue weighted by Gasteiger charge is -2.12. The molecule has 114 valence electrons. The highest BCUT2D eigenvalue weighted by molar-refractivity contribution is 7.91. The van der Waals surface area contributed by atoms with Crippen molar-refractivity contribution in [3.63, 3.8) is 0 Å². The third-order valence-electron chi connectivity index (χ3n) is 2.47. The van der Waals surface area contributed by atoms with Gasteiger partial charge in [0.2, 0.25) is 0 Å². The van der Waals surface area contributed by atoms with Crippen LogP contribution in [-0.4, -0.2) is 40.9 Å². The van der Waals surface area contributed by atoms with Crippen molar-refractivity contribution in [2.75, 3.05) is 25.2 Å². The fraction of sp³-hybridized carbons (Fsp3) is 0.400. The summed E-state index contributed by atoms with van der Waals surface area (Å²) in [4.78, 5) is -0.120. The molecule has 0 saturated heterocycles. The second-order valence-corrected chi connectivity index (χ2v) is 7.10. The molecule has 1 aromatic rings. The molecule has 20 heavy (non-hydrogen) atoms. The van der Waals surface area contributed by atoms with Gasteiger partial charge in [-0.25, -0.2) is 12.6 Å². The first-order valence-corrected chi connectivity index (χ1v) is 8.37. The van der Waals surface area contributed by atoms with E-state index in [1.807, 2.05) is 0 Å². The third kappa shape index (κ3) is 4.34. The first-order chi connectivity index (χ1) is 9.07. The van der Waals surface area contributed by atoms with Crippen LogP contribution in [0.15, 0.2) is 17.0 Å². The highest BCUT2D eigenvalue weighted by Gasteiger charge is 2.22. The van der Waals surface area contributed by atoms with Crippen molar-refractivity contribution < 1.29 is 30.3 Å². The fourth-order valence-corrected chi connectivity index (χ4v) is 3.17. The molecule has 0 atom stereocenters. The second-order valence-electron chi connectivity index (χ2n) is 3.93. The average molecular weight is 325 g/mol.